The lowest BCUT2D eigenvalue weighted by atomic mass is 9.90. The summed E-state index contributed by atoms with van der Waals surface area (Å²) in [5.41, 5.74) is 2.02. The van der Waals surface area contributed by atoms with Gasteiger partial charge in [0.2, 0.25) is 5.91 Å². The minimum Gasteiger partial charge on any atom is -0.373 e. The number of aryl methyl sites for hydroxylation is 1. The van der Waals surface area contributed by atoms with Gasteiger partial charge in [-0.3, -0.25) is 9.89 Å². The van der Waals surface area contributed by atoms with Crippen molar-refractivity contribution in [1.82, 2.24) is 20.1 Å². The SMILES string of the molecule is Cn1cccc1CNC(=O)[C@@H]1CCCO[C@H]1c1cn[nH]c1. The van der Waals surface area contributed by atoms with Crippen molar-refractivity contribution in [2.24, 2.45) is 13.0 Å². The van der Waals surface area contributed by atoms with Gasteiger partial charge in [-0.25, -0.2) is 0 Å². The first-order chi connectivity index (χ1) is 10.3. The minimum atomic E-state index is -0.203. The Morgan fingerprint density at radius 2 is 2.52 bits per heavy atom. The largest absolute Gasteiger partial charge is 0.373 e. The van der Waals surface area contributed by atoms with Crippen molar-refractivity contribution in [2.75, 3.05) is 6.61 Å². The number of ether oxygens (including phenoxy) is 1. The average Bonchev–Trinajstić information content (AvgIpc) is 3.16. The van der Waals surface area contributed by atoms with Crippen molar-refractivity contribution in [2.45, 2.75) is 25.5 Å². The first-order valence-electron chi connectivity index (χ1n) is 7.24. The van der Waals surface area contributed by atoms with Crippen LogP contribution in [-0.4, -0.2) is 27.3 Å². The first-order valence-corrected chi connectivity index (χ1v) is 7.24. The molecule has 0 spiro atoms. The Hall–Kier alpha value is -2.08. The highest BCUT2D eigenvalue weighted by atomic mass is 16.5. The molecule has 0 bridgehead atoms. The second-order valence-corrected chi connectivity index (χ2v) is 5.40. The van der Waals surface area contributed by atoms with Crippen LogP contribution in [0.3, 0.4) is 0 Å². The molecule has 6 nitrogen and oxygen atoms in total. The molecular formula is C15H20N4O2. The summed E-state index contributed by atoms with van der Waals surface area (Å²) in [6.07, 6.45) is 7.05. The smallest absolute Gasteiger partial charge is 0.226 e. The van der Waals surface area contributed by atoms with Crippen molar-refractivity contribution < 1.29 is 9.53 Å². The molecule has 0 unspecified atom stereocenters. The van der Waals surface area contributed by atoms with Crippen LogP contribution in [0.25, 0.3) is 0 Å². The summed E-state index contributed by atoms with van der Waals surface area (Å²) in [5, 5.41) is 9.75. The summed E-state index contributed by atoms with van der Waals surface area (Å²) >= 11 is 0. The third kappa shape index (κ3) is 3.00. The molecule has 1 fully saturated rings. The maximum Gasteiger partial charge on any atom is 0.226 e. The van der Waals surface area contributed by atoms with Crippen LogP contribution in [0, 0.1) is 5.92 Å². The highest BCUT2D eigenvalue weighted by Gasteiger charge is 2.33. The fraction of sp³-hybridized carbons (Fsp3) is 0.467. The van der Waals surface area contributed by atoms with Gasteiger partial charge in [-0.15, -0.1) is 0 Å². The van der Waals surface area contributed by atoms with Crippen LogP contribution >= 0.6 is 0 Å². The Labute approximate surface area is 123 Å². The molecule has 0 aromatic carbocycles. The van der Waals surface area contributed by atoms with E-state index in [0.717, 1.165) is 24.1 Å². The van der Waals surface area contributed by atoms with E-state index in [0.29, 0.717) is 13.2 Å². The molecule has 1 aliphatic rings. The second-order valence-electron chi connectivity index (χ2n) is 5.40. The van der Waals surface area contributed by atoms with Gasteiger partial charge in [0.15, 0.2) is 0 Å². The third-order valence-electron chi connectivity index (χ3n) is 4.00. The van der Waals surface area contributed by atoms with Gasteiger partial charge in [-0.2, -0.15) is 5.10 Å². The van der Waals surface area contributed by atoms with E-state index in [1.54, 1.807) is 12.4 Å². The predicted octanol–water partition coefficient (Wildman–Crippen LogP) is 1.53. The Kier molecular flexibility index (Phi) is 4.06. The van der Waals surface area contributed by atoms with E-state index in [9.17, 15) is 4.79 Å². The summed E-state index contributed by atoms with van der Waals surface area (Å²) in [6.45, 7) is 1.23. The van der Waals surface area contributed by atoms with E-state index in [2.05, 4.69) is 15.5 Å². The Balaban J connectivity index is 1.65. The molecule has 112 valence electrons. The maximum absolute atomic E-state index is 12.5. The number of hydrogen-bond acceptors (Lipinski definition) is 3. The number of H-pyrrole nitrogens is 1. The van der Waals surface area contributed by atoms with E-state index >= 15 is 0 Å². The molecule has 3 rings (SSSR count). The molecule has 2 N–H and O–H groups in total. The quantitative estimate of drug-likeness (QED) is 0.896. The van der Waals surface area contributed by atoms with E-state index in [1.165, 1.54) is 0 Å². The van der Waals surface area contributed by atoms with Gasteiger partial charge < -0.3 is 14.6 Å². The lowest BCUT2D eigenvalue weighted by Gasteiger charge is -2.30. The fourth-order valence-corrected chi connectivity index (χ4v) is 2.78. The molecule has 1 aliphatic heterocycles. The van der Waals surface area contributed by atoms with Crippen LogP contribution in [-0.2, 0) is 23.1 Å². The van der Waals surface area contributed by atoms with Crippen molar-refractivity contribution in [3.63, 3.8) is 0 Å². The fourth-order valence-electron chi connectivity index (χ4n) is 2.78. The molecule has 2 aromatic heterocycles. The van der Waals surface area contributed by atoms with Gasteiger partial charge in [0.05, 0.1) is 24.8 Å². The van der Waals surface area contributed by atoms with Crippen LogP contribution < -0.4 is 5.32 Å². The number of nitrogens with zero attached hydrogens (tertiary/aromatic N) is 2. The second kappa shape index (κ2) is 6.13. The lowest BCUT2D eigenvalue weighted by Crippen LogP contribution is -2.37. The van der Waals surface area contributed by atoms with Crippen molar-refractivity contribution >= 4 is 5.91 Å². The monoisotopic (exact) mass is 288 g/mol. The van der Waals surface area contributed by atoms with Crippen molar-refractivity contribution in [3.05, 3.63) is 42.0 Å². The Morgan fingerprint density at radius 3 is 3.24 bits per heavy atom. The molecule has 21 heavy (non-hydrogen) atoms. The number of aromatic nitrogens is 3. The molecule has 3 heterocycles. The molecule has 0 saturated carbocycles. The van der Waals surface area contributed by atoms with Gasteiger partial charge in [-0.1, -0.05) is 0 Å². The van der Waals surface area contributed by atoms with Crippen LogP contribution in [0.4, 0.5) is 0 Å². The maximum atomic E-state index is 12.5. The summed E-state index contributed by atoms with van der Waals surface area (Å²) in [6, 6.07) is 3.98. The number of amides is 1. The van der Waals surface area contributed by atoms with Gasteiger partial charge in [0.1, 0.15) is 0 Å². The first kappa shape index (κ1) is 13.9. The molecule has 6 heteroatoms. The molecule has 0 aliphatic carbocycles. The molecule has 1 saturated heterocycles. The summed E-state index contributed by atoms with van der Waals surface area (Å²) in [5.74, 6) is -0.112. The number of hydrogen-bond donors (Lipinski definition) is 2. The van der Waals surface area contributed by atoms with Gasteiger partial charge in [0.25, 0.3) is 0 Å². The van der Waals surface area contributed by atoms with E-state index in [4.69, 9.17) is 4.74 Å². The highest BCUT2D eigenvalue weighted by molar-refractivity contribution is 5.79. The Morgan fingerprint density at radius 1 is 1.62 bits per heavy atom. The predicted molar refractivity (Wildman–Crippen MR) is 77.3 cm³/mol. The number of rotatable bonds is 4. The average molecular weight is 288 g/mol. The summed E-state index contributed by atoms with van der Waals surface area (Å²) in [4.78, 5) is 12.5. The van der Waals surface area contributed by atoms with Gasteiger partial charge in [0, 0.05) is 37.3 Å². The van der Waals surface area contributed by atoms with Gasteiger partial charge in [-0.05, 0) is 25.0 Å². The van der Waals surface area contributed by atoms with Crippen molar-refractivity contribution in [1.29, 1.82) is 0 Å². The van der Waals surface area contributed by atoms with E-state index in [1.807, 2.05) is 29.9 Å². The van der Waals surface area contributed by atoms with Crippen LogP contribution in [0.15, 0.2) is 30.7 Å². The lowest BCUT2D eigenvalue weighted by molar-refractivity contribution is -0.134. The number of nitrogens with one attached hydrogen (secondary N) is 2. The standard InChI is InChI=1S/C15H20N4O2/c1-19-6-2-4-12(19)10-16-15(20)13-5-3-7-21-14(13)11-8-17-18-9-11/h2,4,6,8-9,13-14H,3,5,7,10H2,1H3,(H,16,20)(H,17,18)/t13-,14+/m1/s1. The minimum absolute atomic E-state index is 0.0436. The molecule has 1 amide bonds. The Bertz CT molecular complexity index is 591. The zero-order valence-electron chi connectivity index (χ0n) is 12.1. The molecule has 2 atom stereocenters. The van der Waals surface area contributed by atoms with Gasteiger partial charge >= 0.3 is 0 Å². The highest BCUT2D eigenvalue weighted by Crippen LogP contribution is 2.33. The van der Waals surface area contributed by atoms with E-state index < -0.39 is 0 Å². The van der Waals surface area contributed by atoms with Crippen LogP contribution in [0.1, 0.15) is 30.2 Å². The zero-order valence-corrected chi connectivity index (χ0v) is 12.1. The zero-order chi connectivity index (χ0) is 14.7. The number of aromatic amines is 1. The molecule has 0 radical (unpaired) electrons. The van der Waals surface area contributed by atoms with Crippen LogP contribution in [0.2, 0.25) is 0 Å². The van der Waals surface area contributed by atoms with E-state index in [-0.39, 0.29) is 17.9 Å². The third-order valence-corrected chi connectivity index (χ3v) is 4.00. The van der Waals surface area contributed by atoms with Crippen LogP contribution in [0.5, 0.6) is 0 Å². The molecule has 2 aromatic rings. The number of carbonyl (C=O) groups is 1. The normalized spacial score (nSPS) is 22.1. The molecular weight excluding hydrogens is 268 g/mol. The topological polar surface area (TPSA) is 71.9 Å². The summed E-state index contributed by atoms with van der Waals surface area (Å²) < 4.78 is 7.80. The van der Waals surface area contributed by atoms with Crippen molar-refractivity contribution in [3.8, 4) is 0 Å². The number of carbonyl (C=O) groups excluding carboxylic acids is 1. The summed E-state index contributed by atoms with van der Waals surface area (Å²) in [7, 11) is 1.97.